The first-order chi connectivity index (χ1) is 9.92. The van der Waals surface area contributed by atoms with Gasteiger partial charge in [0.25, 0.3) is 0 Å². The number of aryl methyl sites for hydroxylation is 1. The molecule has 0 aliphatic heterocycles. The Balaban J connectivity index is 2.44. The highest BCUT2D eigenvalue weighted by atomic mass is 16.5. The number of nitrogens with one attached hydrogen (secondary N) is 1. The van der Waals surface area contributed by atoms with Crippen LogP contribution < -0.4 is 10.1 Å². The summed E-state index contributed by atoms with van der Waals surface area (Å²) in [6.45, 7) is 5.82. The summed E-state index contributed by atoms with van der Waals surface area (Å²) < 4.78 is 10.2. The third-order valence-corrected chi connectivity index (χ3v) is 2.81. The van der Waals surface area contributed by atoms with Crippen LogP contribution in [-0.4, -0.2) is 31.6 Å². The summed E-state index contributed by atoms with van der Waals surface area (Å²) in [5.74, 6) is 0.240. The molecule has 0 heterocycles. The van der Waals surface area contributed by atoms with Crippen molar-refractivity contribution in [2.75, 3.05) is 13.7 Å². The molecule has 0 bridgehead atoms. The molecule has 1 N–H and O–H groups in total. The molecule has 5 heteroatoms. The number of hydrogen-bond donors (Lipinski definition) is 1. The smallest absolute Gasteiger partial charge is 0.307 e. The van der Waals surface area contributed by atoms with Crippen molar-refractivity contribution in [1.82, 2.24) is 5.32 Å². The Hall–Kier alpha value is -2.04. The van der Waals surface area contributed by atoms with Crippen molar-refractivity contribution in [1.29, 1.82) is 0 Å². The summed E-state index contributed by atoms with van der Waals surface area (Å²) in [5.41, 5.74) is 1.90. The number of amides is 1. The highest BCUT2D eigenvalue weighted by molar-refractivity contribution is 5.80. The lowest BCUT2D eigenvalue weighted by Crippen LogP contribution is -2.28. The molecule has 0 spiro atoms. The van der Waals surface area contributed by atoms with Crippen LogP contribution in [0.25, 0.3) is 0 Å². The second-order valence-corrected chi connectivity index (χ2v) is 5.13. The highest BCUT2D eigenvalue weighted by Gasteiger charge is 2.10. The molecule has 5 nitrogen and oxygen atoms in total. The molecule has 0 fully saturated rings. The predicted molar refractivity (Wildman–Crippen MR) is 80.3 cm³/mol. The van der Waals surface area contributed by atoms with Crippen molar-refractivity contribution < 1.29 is 19.1 Å². The normalized spacial score (nSPS) is 10.3. The lowest BCUT2D eigenvalue weighted by molar-refractivity contribution is -0.147. The lowest BCUT2D eigenvalue weighted by Gasteiger charge is -2.10. The quantitative estimate of drug-likeness (QED) is 0.781. The van der Waals surface area contributed by atoms with Crippen molar-refractivity contribution in [3.05, 3.63) is 29.3 Å². The number of methoxy groups -OCH3 is 1. The summed E-state index contributed by atoms with van der Waals surface area (Å²) in [6, 6.07) is 5.70. The average Bonchev–Trinajstić information content (AvgIpc) is 2.38. The molecule has 21 heavy (non-hydrogen) atoms. The molecule has 0 saturated heterocycles. The number of carbonyl (C=O) groups excluding carboxylic acids is 2. The zero-order chi connectivity index (χ0) is 15.8. The summed E-state index contributed by atoms with van der Waals surface area (Å²) in [7, 11) is 1.58. The molecule has 0 atom stereocenters. The molecule has 0 aromatic heterocycles. The monoisotopic (exact) mass is 293 g/mol. The Morgan fingerprint density at radius 2 is 2.00 bits per heavy atom. The molecular weight excluding hydrogens is 270 g/mol. The summed E-state index contributed by atoms with van der Waals surface area (Å²) in [6.07, 6.45) is 0.267. The van der Waals surface area contributed by atoms with Crippen LogP contribution in [0.4, 0.5) is 0 Å². The van der Waals surface area contributed by atoms with Crippen molar-refractivity contribution in [2.24, 2.45) is 0 Å². The van der Waals surface area contributed by atoms with E-state index in [0.717, 1.165) is 11.1 Å². The zero-order valence-corrected chi connectivity index (χ0v) is 13.1. The van der Waals surface area contributed by atoms with Gasteiger partial charge in [-0.2, -0.15) is 0 Å². The fourth-order valence-corrected chi connectivity index (χ4v) is 1.91. The van der Waals surface area contributed by atoms with E-state index >= 15 is 0 Å². The third kappa shape index (κ3) is 6.29. The second-order valence-electron chi connectivity index (χ2n) is 5.13. The Kier molecular flexibility index (Phi) is 6.72. The van der Waals surface area contributed by atoms with Gasteiger partial charge in [0.2, 0.25) is 5.91 Å². The highest BCUT2D eigenvalue weighted by Crippen LogP contribution is 2.19. The number of hydrogen-bond acceptors (Lipinski definition) is 4. The van der Waals surface area contributed by atoms with E-state index < -0.39 is 0 Å². The van der Waals surface area contributed by atoms with E-state index in [0.29, 0.717) is 5.75 Å². The van der Waals surface area contributed by atoms with Crippen LogP contribution in [0, 0.1) is 6.92 Å². The summed E-state index contributed by atoms with van der Waals surface area (Å²) in [4.78, 5) is 23.2. The molecule has 0 radical (unpaired) electrons. The molecule has 0 aliphatic carbocycles. The molecule has 0 unspecified atom stereocenters. The van der Waals surface area contributed by atoms with Crippen molar-refractivity contribution in [2.45, 2.75) is 39.7 Å². The SMILES string of the molecule is COc1ccc(C)cc1CC(=O)NCCC(=O)OC(C)C. The van der Waals surface area contributed by atoms with Gasteiger partial charge in [0.05, 0.1) is 26.1 Å². The van der Waals surface area contributed by atoms with Gasteiger partial charge in [0.15, 0.2) is 0 Å². The van der Waals surface area contributed by atoms with Crippen LogP contribution in [0.1, 0.15) is 31.4 Å². The van der Waals surface area contributed by atoms with E-state index in [2.05, 4.69) is 5.32 Å². The molecule has 116 valence electrons. The largest absolute Gasteiger partial charge is 0.496 e. The van der Waals surface area contributed by atoms with Gasteiger partial charge in [0, 0.05) is 12.1 Å². The fourth-order valence-electron chi connectivity index (χ4n) is 1.91. The maximum absolute atomic E-state index is 11.9. The topological polar surface area (TPSA) is 64.6 Å². The molecular formula is C16H23NO4. The predicted octanol–water partition coefficient (Wildman–Crippen LogP) is 2.00. The lowest BCUT2D eigenvalue weighted by atomic mass is 10.1. The van der Waals surface area contributed by atoms with E-state index in [1.54, 1.807) is 21.0 Å². The number of rotatable bonds is 7. The second kappa shape index (κ2) is 8.29. The molecule has 0 saturated carbocycles. The molecule has 0 aliphatic rings. The van der Waals surface area contributed by atoms with Crippen LogP contribution in [0.15, 0.2) is 18.2 Å². The molecule has 1 aromatic rings. The average molecular weight is 293 g/mol. The number of carbonyl (C=O) groups is 2. The Morgan fingerprint density at radius 3 is 2.62 bits per heavy atom. The first-order valence-corrected chi connectivity index (χ1v) is 7.02. The summed E-state index contributed by atoms with van der Waals surface area (Å²) >= 11 is 0. The van der Waals surface area contributed by atoms with Gasteiger partial charge in [-0.1, -0.05) is 17.7 Å². The molecule has 1 aromatic carbocycles. The Labute approximate surface area is 125 Å². The first kappa shape index (κ1) is 17.0. The van der Waals surface area contributed by atoms with E-state index in [1.807, 2.05) is 25.1 Å². The Morgan fingerprint density at radius 1 is 1.29 bits per heavy atom. The van der Waals surface area contributed by atoms with Crippen LogP contribution >= 0.6 is 0 Å². The van der Waals surface area contributed by atoms with Crippen LogP contribution in [0.3, 0.4) is 0 Å². The number of benzene rings is 1. The van der Waals surface area contributed by atoms with Crippen LogP contribution in [0.2, 0.25) is 0 Å². The van der Waals surface area contributed by atoms with Gasteiger partial charge in [-0.15, -0.1) is 0 Å². The van der Waals surface area contributed by atoms with E-state index in [1.165, 1.54) is 0 Å². The van der Waals surface area contributed by atoms with Gasteiger partial charge < -0.3 is 14.8 Å². The van der Waals surface area contributed by atoms with Gasteiger partial charge in [-0.3, -0.25) is 9.59 Å². The van der Waals surface area contributed by atoms with E-state index in [9.17, 15) is 9.59 Å². The van der Waals surface area contributed by atoms with Crippen molar-refractivity contribution in [3.8, 4) is 5.75 Å². The van der Waals surface area contributed by atoms with Crippen molar-refractivity contribution >= 4 is 11.9 Å². The summed E-state index contributed by atoms with van der Waals surface area (Å²) in [5, 5.41) is 2.71. The number of esters is 1. The maximum Gasteiger partial charge on any atom is 0.307 e. The van der Waals surface area contributed by atoms with Crippen molar-refractivity contribution in [3.63, 3.8) is 0 Å². The maximum atomic E-state index is 11.9. The van der Waals surface area contributed by atoms with Gasteiger partial charge in [-0.25, -0.2) is 0 Å². The minimum absolute atomic E-state index is 0.134. The minimum atomic E-state index is -0.307. The zero-order valence-electron chi connectivity index (χ0n) is 13.1. The van der Waals surface area contributed by atoms with E-state index in [-0.39, 0.29) is 37.4 Å². The standard InChI is InChI=1S/C16H23NO4/c1-11(2)21-16(19)7-8-17-15(18)10-13-9-12(3)5-6-14(13)20-4/h5-6,9,11H,7-8,10H2,1-4H3,(H,17,18). The number of ether oxygens (including phenoxy) is 2. The minimum Gasteiger partial charge on any atom is -0.496 e. The van der Waals surface area contributed by atoms with Gasteiger partial charge in [-0.05, 0) is 26.8 Å². The first-order valence-electron chi connectivity index (χ1n) is 7.02. The fraction of sp³-hybridized carbons (Fsp3) is 0.500. The molecule has 1 amide bonds. The van der Waals surface area contributed by atoms with E-state index in [4.69, 9.17) is 9.47 Å². The van der Waals surface area contributed by atoms with Gasteiger partial charge in [0.1, 0.15) is 5.75 Å². The third-order valence-electron chi connectivity index (χ3n) is 2.81. The Bertz CT molecular complexity index is 497. The molecule has 1 rings (SSSR count). The van der Waals surface area contributed by atoms with Crippen LogP contribution in [-0.2, 0) is 20.7 Å². The van der Waals surface area contributed by atoms with Crippen LogP contribution in [0.5, 0.6) is 5.75 Å². The van der Waals surface area contributed by atoms with Gasteiger partial charge >= 0.3 is 5.97 Å².